The molecule has 0 bridgehead atoms. The molecule has 0 saturated carbocycles. The summed E-state index contributed by atoms with van der Waals surface area (Å²) in [5, 5.41) is 1.90. The maximum Gasteiger partial charge on any atom is 0.332 e. The Labute approximate surface area is 198 Å². The van der Waals surface area contributed by atoms with E-state index in [4.69, 9.17) is 9.47 Å². The molecule has 0 saturated heterocycles. The van der Waals surface area contributed by atoms with E-state index in [-0.39, 0.29) is 17.7 Å². The highest BCUT2D eigenvalue weighted by molar-refractivity contribution is 7.07. The van der Waals surface area contributed by atoms with Crippen molar-refractivity contribution in [2.75, 3.05) is 19.1 Å². The lowest BCUT2D eigenvalue weighted by molar-refractivity contribution is -0.146. The number of carbonyl (C=O) groups excluding carboxylic acids is 2. The number of ether oxygens (including phenoxy) is 2. The zero-order chi connectivity index (χ0) is 23.8. The fourth-order valence-corrected chi connectivity index (χ4v) is 5.13. The largest absolute Gasteiger partial charge is 0.496 e. The van der Waals surface area contributed by atoms with Crippen LogP contribution in [0.5, 0.6) is 5.75 Å². The van der Waals surface area contributed by atoms with E-state index in [2.05, 4.69) is 25.8 Å². The first-order valence-corrected chi connectivity index (χ1v) is 11.7. The topological polar surface area (TPSA) is 68.7 Å². The van der Waals surface area contributed by atoms with Gasteiger partial charge in [-0.15, -0.1) is 11.3 Å². The van der Waals surface area contributed by atoms with Crippen molar-refractivity contribution in [2.24, 2.45) is 0 Å². The molecule has 0 aliphatic carbocycles. The van der Waals surface area contributed by atoms with Crippen molar-refractivity contribution in [3.05, 3.63) is 75.7 Å². The first-order chi connectivity index (χ1) is 15.7. The maximum absolute atomic E-state index is 14.0. The Morgan fingerprint density at radius 3 is 2.55 bits per heavy atom. The Bertz CT molecular complexity index is 1180. The van der Waals surface area contributed by atoms with Crippen LogP contribution in [0, 0.1) is 0 Å². The summed E-state index contributed by atoms with van der Waals surface area (Å²) in [5.74, 6) is -0.0957. The average Bonchev–Trinajstić information content (AvgIpc) is 3.42. The Kier molecular flexibility index (Phi) is 6.01. The van der Waals surface area contributed by atoms with Crippen LogP contribution in [-0.4, -0.2) is 36.6 Å². The number of methoxy groups -OCH3 is 2. The van der Waals surface area contributed by atoms with Gasteiger partial charge in [-0.2, -0.15) is 0 Å². The SMILES string of the molecule is COC(=O)C1(Cc2cscn2)Cc2ccccc2N1C(=O)c1ccc(C(C)(C)C)c(OC)c1. The Morgan fingerprint density at radius 2 is 1.91 bits per heavy atom. The van der Waals surface area contributed by atoms with Gasteiger partial charge in [0.2, 0.25) is 0 Å². The Morgan fingerprint density at radius 1 is 1.15 bits per heavy atom. The molecule has 2 heterocycles. The van der Waals surface area contributed by atoms with Crippen LogP contribution in [0.2, 0.25) is 0 Å². The quantitative estimate of drug-likeness (QED) is 0.507. The molecular weight excluding hydrogens is 436 g/mol. The van der Waals surface area contributed by atoms with Crippen LogP contribution in [0.4, 0.5) is 5.69 Å². The molecule has 172 valence electrons. The molecule has 3 aromatic rings. The van der Waals surface area contributed by atoms with Gasteiger partial charge in [0.1, 0.15) is 5.75 Å². The van der Waals surface area contributed by atoms with Crippen molar-refractivity contribution in [1.29, 1.82) is 0 Å². The normalized spacial score (nSPS) is 17.5. The van der Waals surface area contributed by atoms with Gasteiger partial charge in [-0.1, -0.05) is 45.0 Å². The van der Waals surface area contributed by atoms with E-state index in [0.717, 1.165) is 16.8 Å². The van der Waals surface area contributed by atoms with Crippen LogP contribution >= 0.6 is 11.3 Å². The van der Waals surface area contributed by atoms with E-state index < -0.39 is 11.5 Å². The van der Waals surface area contributed by atoms with E-state index in [1.165, 1.54) is 18.4 Å². The van der Waals surface area contributed by atoms with Gasteiger partial charge < -0.3 is 9.47 Å². The minimum absolute atomic E-state index is 0.145. The number of thiazole rings is 1. The van der Waals surface area contributed by atoms with Crippen LogP contribution < -0.4 is 9.64 Å². The monoisotopic (exact) mass is 464 g/mol. The standard InChI is InChI=1S/C26H28N2O4S/c1-25(2,3)20-11-10-17(12-22(20)31-4)23(29)28-21-9-7-6-8-18(21)13-26(28,24(30)32-5)14-19-15-33-16-27-19/h6-12,15-16H,13-14H2,1-5H3. The third-order valence-electron chi connectivity index (χ3n) is 6.13. The number of rotatable bonds is 5. The maximum atomic E-state index is 14.0. The molecule has 4 rings (SSSR count). The summed E-state index contributed by atoms with van der Waals surface area (Å²) in [7, 11) is 2.96. The van der Waals surface area contributed by atoms with E-state index in [0.29, 0.717) is 23.4 Å². The van der Waals surface area contributed by atoms with Crippen molar-refractivity contribution in [3.8, 4) is 5.75 Å². The first-order valence-electron chi connectivity index (χ1n) is 10.8. The fraction of sp³-hybridized carbons (Fsp3) is 0.346. The highest BCUT2D eigenvalue weighted by Crippen LogP contribution is 2.43. The van der Waals surface area contributed by atoms with E-state index in [9.17, 15) is 9.59 Å². The van der Waals surface area contributed by atoms with Gasteiger partial charge in [0.15, 0.2) is 5.54 Å². The highest BCUT2D eigenvalue weighted by Gasteiger charge is 2.54. The molecule has 2 aromatic carbocycles. The van der Waals surface area contributed by atoms with Crippen molar-refractivity contribution < 1.29 is 19.1 Å². The number of benzene rings is 2. The fourth-order valence-electron chi connectivity index (χ4n) is 4.57. The number of anilines is 1. The first kappa shape index (κ1) is 23.0. The minimum Gasteiger partial charge on any atom is -0.496 e. The average molecular weight is 465 g/mol. The summed E-state index contributed by atoms with van der Waals surface area (Å²) < 4.78 is 10.9. The molecule has 6 nitrogen and oxygen atoms in total. The molecule has 1 aromatic heterocycles. The molecule has 0 radical (unpaired) electrons. The minimum atomic E-state index is -1.22. The van der Waals surface area contributed by atoms with Crippen LogP contribution in [0.3, 0.4) is 0 Å². The number of para-hydroxylation sites is 1. The van der Waals surface area contributed by atoms with Crippen molar-refractivity contribution in [1.82, 2.24) is 4.98 Å². The molecule has 7 heteroatoms. The molecule has 1 atom stereocenters. The third kappa shape index (κ3) is 4.02. The highest BCUT2D eigenvalue weighted by atomic mass is 32.1. The summed E-state index contributed by atoms with van der Waals surface area (Å²) in [6.45, 7) is 6.29. The van der Waals surface area contributed by atoms with Crippen LogP contribution in [0.1, 0.15) is 48.0 Å². The number of carbonyl (C=O) groups is 2. The van der Waals surface area contributed by atoms with Crippen LogP contribution in [0.15, 0.2) is 53.4 Å². The van der Waals surface area contributed by atoms with Gasteiger partial charge in [-0.05, 0) is 34.7 Å². The molecule has 0 fully saturated rings. The lowest BCUT2D eigenvalue weighted by Gasteiger charge is -2.36. The summed E-state index contributed by atoms with van der Waals surface area (Å²) in [4.78, 5) is 33.4. The number of nitrogens with zero attached hydrogens (tertiary/aromatic N) is 2. The molecule has 1 aliphatic rings. The van der Waals surface area contributed by atoms with Gasteiger partial charge in [-0.3, -0.25) is 9.69 Å². The number of amides is 1. The molecule has 0 spiro atoms. The van der Waals surface area contributed by atoms with Crippen molar-refractivity contribution in [2.45, 2.75) is 44.6 Å². The summed E-state index contributed by atoms with van der Waals surface area (Å²) in [6, 6.07) is 13.1. The molecule has 0 N–H and O–H groups in total. The second-order valence-corrected chi connectivity index (χ2v) is 10.0. The van der Waals surface area contributed by atoms with Gasteiger partial charge in [0.05, 0.1) is 25.4 Å². The number of fused-ring (bicyclic) bond motifs is 1. The zero-order valence-electron chi connectivity index (χ0n) is 19.5. The van der Waals surface area contributed by atoms with E-state index >= 15 is 0 Å². The van der Waals surface area contributed by atoms with Crippen LogP contribution in [0.25, 0.3) is 0 Å². The zero-order valence-corrected chi connectivity index (χ0v) is 20.4. The number of aromatic nitrogens is 1. The molecule has 33 heavy (non-hydrogen) atoms. The summed E-state index contributed by atoms with van der Waals surface area (Å²) in [5.41, 5.74) is 4.19. The second-order valence-electron chi connectivity index (χ2n) is 9.29. The summed E-state index contributed by atoms with van der Waals surface area (Å²) >= 11 is 1.46. The van der Waals surface area contributed by atoms with Gasteiger partial charge >= 0.3 is 5.97 Å². The summed E-state index contributed by atoms with van der Waals surface area (Å²) in [6.07, 6.45) is 0.622. The van der Waals surface area contributed by atoms with Gasteiger partial charge in [0, 0.05) is 29.5 Å². The lowest BCUT2D eigenvalue weighted by atomic mass is 9.85. The third-order valence-corrected chi connectivity index (χ3v) is 6.76. The number of hydrogen-bond donors (Lipinski definition) is 0. The second kappa shape index (κ2) is 8.63. The van der Waals surface area contributed by atoms with Crippen molar-refractivity contribution >= 4 is 28.9 Å². The predicted octanol–water partition coefficient (Wildman–Crippen LogP) is 4.81. The molecule has 1 aliphatic heterocycles. The van der Waals surface area contributed by atoms with Gasteiger partial charge in [-0.25, -0.2) is 9.78 Å². The lowest BCUT2D eigenvalue weighted by Crippen LogP contribution is -2.58. The van der Waals surface area contributed by atoms with E-state index in [1.54, 1.807) is 29.7 Å². The van der Waals surface area contributed by atoms with E-state index in [1.807, 2.05) is 35.7 Å². The molecule has 1 amide bonds. The smallest absolute Gasteiger partial charge is 0.332 e. The van der Waals surface area contributed by atoms with Gasteiger partial charge in [0.25, 0.3) is 5.91 Å². The number of hydrogen-bond acceptors (Lipinski definition) is 6. The predicted molar refractivity (Wildman–Crippen MR) is 129 cm³/mol. The van der Waals surface area contributed by atoms with Crippen LogP contribution in [-0.2, 0) is 27.8 Å². The van der Waals surface area contributed by atoms with Crippen molar-refractivity contribution in [3.63, 3.8) is 0 Å². The Balaban J connectivity index is 1.86. The number of esters is 1. The molecular formula is C26H28N2O4S. The molecule has 1 unspecified atom stereocenters. The Hall–Kier alpha value is -3.19.